The minimum atomic E-state index is -1.01. The zero-order valence-electron chi connectivity index (χ0n) is 11.8. The molecule has 2 N–H and O–H groups in total. The van der Waals surface area contributed by atoms with Crippen molar-refractivity contribution in [1.29, 1.82) is 0 Å². The van der Waals surface area contributed by atoms with Gasteiger partial charge in [0.15, 0.2) is 0 Å². The molecule has 1 rings (SSSR count). The van der Waals surface area contributed by atoms with Crippen LogP contribution in [-0.2, 0) is 9.53 Å². The van der Waals surface area contributed by atoms with Gasteiger partial charge in [0.2, 0.25) is 0 Å². The van der Waals surface area contributed by atoms with Gasteiger partial charge in [0.25, 0.3) is 5.91 Å². The predicted octanol–water partition coefficient (Wildman–Crippen LogP) is 2.31. The van der Waals surface area contributed by atoms with Crippen LogP contribution in [0.4, 0.5) is 0 Å². The van der Waals surface area contributed by atoms with E-state index in [2.05, 4.69) is 5.32 Å². The monoisotopic (exact) mass is 297 g/mol. The van der Waals surface area contributed by atoms with Crippen LogP contribution in [-0.4, -0.2) is 36.2 Å². The average Bonchev–Trinajstić information content (AvgIpc) is 2.75. The molecule has 0 spiro atoms. The fourth-order valence-corrected chi connectivity index (χ4v) is 2.58. The van der Waals surface area contributed by atoms with Crippen molar-refractivity contribution in [1.82, 2.24) is 5.32 Å². The highest BCUT2D eigenvalue weighted by Crippen LogP contribution is 2.23. The number of amides is 1. The van der Waals surface area contributed by atoms with Gasteiger partial charge >= 0.3 is 5.97 Å². The summed E-state index contributed by atoms with van der Waals surface area (Å²) in [7, 11) is 0. The summed E-state index contributed by atoms with van der Waals surface area (Å²) >= 11 is 1.27. The van der Waals surface area contributed by atoms with E-state index in [9.17, 15) is 9.59 Å². The van der Waals surface area contributed by atoms with Crippen molar-refractivity contribution < 1.29 is 19.4 Å². The van der Waals surface area contributed by atoms with Crippen LogP contribution in [0, 0.1) is 6.92 Å². The fourth-order valence-electron chi connectivity index (χ4n) is 1.59. The third-order valence-corrected chi connectivity index (χ3v) is 3.76. The first kappa shape index (κ1) is 16.4. The van der Waals surface area contributed by atoms with Gasteiger partial charge in [-0.15, -0.1) is 11.3 Å². The van der Waals surface area contributed by atoms with Crippen molar-refractivity contribution in [2.24, 2.45) is 0 Å². The maximum atomic E-state index is 12.0. The SMILES string of the molecule is CCOC(C)CNC(=O)c1cc(C)c(/C=C/C(=O)O)s1. The normalized spacial score (nSPS) is 12.6. The van der Waals surface area contributed by atoms with E-state index in [1.807, 2.05) is 20.8 Å². The molecule has 1 aromatic rings. The van der Waals surface area contributed by atoms with Crippen molar-refractivity contribution in [3.8, 4) is 0 Å². The Kier molecular flexibility index (Phi) is 6.41. The second-order valence-corrected chi connectivity index (χ2v) is 5.39. The van der Waals surface area contributed by atoms with Crippen LogP contribution in [0.2, 0.25) is 0 Å². The molecule has 1 amide bonds. The van der Waals surface area contributed by atoms with Crippen LogP contribution in [0.5, 0.6) is 0 Å². The number of hydrogen-bond acceptors (Lipinski definition) is 4. The Labute approximate surface area is 122 Å². The molecule has 0 radical (unpaired) electrons. The Balaban J connectivity index is 2.65. The Morgan fingerprint density at radius 2 is 2.25 bits per heavy atom. The minimum absolute atomic E-state index is 0.0311. The third-order valence-electron chi connectivity index (χ3n) is 2.56. The van der Waals surface area contributed by atoms with E-state index >= 15 is 0 Å². The number of nitrogens with one attached hydrogen (secondary N) is 1. The Morgan fingerprint density at radius 1 is 1.55 bits per heavy atom. The summed E-state index contributed by atoms with van der Waals surface area (Å²) in [5.74, 6) is -1.17. The molecular weight excluding hydrogens is 278 g/mol. The molecule has 20 heavy (non-hydrogen) atoms. The van der Waals surface area contributed by atoms with Crippen LogP contribution in [0.1, 0.15) is 34.0 Å². The summed E-state index contributed by atoms with van der Waals surface area (Å²) < 4.78 is 5.33. The summed E-state index contributed by atoms with van der Waals surface area (Å²) in [6.07, 6.45) is 2.54. The van der Waals surface area contributed by atoms with E-state index < -0.39 is 5.97 Å². The van der Waals surface area contributed by atoms with Crippen LogP contribution < -0.4 is 5.32 Å². The lowest BCUT2D eigenvalue weighted by atomic mass is 10.2. The largest absolute Gasteiger partial charge is 0.478 e. The number of rotatable bonds is 7. The number of carboxylic acids is 1. The van der Waals surface area contributed by atoms with Crippen molar-refractivity contribution in [3.63, 3.8) is 0 Å². The van der Waals surface area contributed by atoms with E-state index in [0.717, 1.165) is 16.5 Å². The molecule has 0 aliphatic rings. The molecule has 110 valence electrons. The molecule has 1 aromatic heterocycles. The van der Waals surface area contributed by atoms with Crippen molar-refractivity contribution in [3.05, 3.63) is 27.5 Å². The van der Waals surface area contributed by atoms with Gasteiger partial charge in [-0.2, -0.15) is 0 Å². The number of ether oxygens (including phenoxy) is 1. The zero-order chi connectivity index (χ0) is 15.1. The molecular formula is C14H19NO4S. The van der Waals surface area contributed by atoms with E-state index in [4.69, 9.17) is 9.84 Å². The zero-order valence-corrected chi connectivity index (χ0v) is 12.6. The van der Waals surface area contributed by atoms with Gasteiger partial charge in [-0.05, 0) is 38.5 Å². The second kappa shape index (κ2) is 7.81. The number of carboxylic acid groups (broad SMARTS) is 1. The molecule has 0 aliphatic carbocycles. The Hall–Kier alpha value is -1.66. The van der Waals surface area contributed by atoms with Crippen LogP contribution in [0.3, 0.4) is 0 Å². The van der Waals surface area contributed by atoms with Crippen LogP contribution in [0.25, 0.3) is 6.08 Å². The summed E-state index contributed by atoms with van der Waals surface area (Å²) in [6, 6.07) is 1.76. The Morgan fingerprint density at radius 3 is 2.85 bits per heavy atom. The van der Waals surface area contributed by atoms with Crippen LogP contribution >= 0.6 is 11.3 Å². The van der Waals surface area contributed by atoms with Crippen molar-refractivity contribution in [2.75, 3.05) is 13.2 Å². The van der Waals surface area contributed by atoms with Crippen LogP contribution in [0.15, 0.2) is 12.1 Å². The quantitative estimate of drug-likeness (QED) is 0.757. The molecule has 1 unspecified atom stereocenters. The molecule has 0 saturated heterocycles. The average molecular weight is 297 g/mol. The van der Waals surface area contributed by atoms with Gasteiger partial charge in [0, 0.05) is 24.1 Å². The van der Waals surface area contributed by atoms with Gasteiger partial charge < -0.3 is 15.2 Å². The van der Waals surface area contributed by atoms with E-state index in [-0.39, 0.29) is 12.0 Å². The van der Waals surface area contributed by atoms with Gasteiger partial charge in [0.1, 0.15) is 0 Å². The van der Waals surface area contributed by atoms with Gasteiger partial charge in [-0.1, -0.05) is 0 Å². The first-order valence-corrected chi connectivity index (χ1v) is 7.17. The second-order valence-electron chi connectivity index (χ2n) is 4.31. The lowest BCUT2D eigenvalue weighted by molar-refractivity contribution is -0.131. The van der Waals surface area contributed by atoms with Crippen molar-refractivity contribution in [2.45, 2.75) is 26.9 Å². The minimum Gasteiger partial charge on any atom is -0.478 e. The number of carbonyl (C=O) groups is 2. The number of aryl methyl sites for hydroxylation is 1. The molecule has 6 heteroatoms. The first-order valence-electron chi connectivity index (χ1n) is 6.35. The summed E-state index contributed by atoms with van der Waals surface area (Å²) in [5.41, 5.74) is 0.885. The number of aliphatic carboxylic acids is 1. The van der Waals surface area contributed by atoms with Gasteiger partial charge in [0.05, 0.1) is 11.0 Å². The fraction of sp³-hybridized carbons (Fsp3) is 0.429. The molecule has 1 atom stereocenters. The molecule has 0 bridgehead atoms. The molecule has 5 nitrogen and oxygen atoms in total. The molecule has 0 fully saturated rings. The van der Waals surface area contributed by atoms with E-state index in [1.165, 1.54) is 17.4 Å². The number of carbonyl (C=O) groups excluding carboxylic acids is 1. The lowest BCUT2D eigenvalue weighted by Crippen LogP contribution is -2.31. The smallest absolute Gasteiger partial charge is 0.328 e. The van der Waals surface area contributed by atoms with Crippen molar-refractivity contribution >= 4 is 29.3 Å². The summed E-state index contributed by atoms with van der Waals surface area (Å²) in [5, 5.41) is 11.4. The summed E-state index contributed by atoms with van der Waals surface area (Å²) in [4.78, 5) is 23.8. The lowest BCUT2D eigenvalue weighted by Gasteiger charge is -2.11. The van der Waals surface area contributed by atoms with Gasteiger partial charge in [-0.3, -0.25) is 4.79 Å². The highest BCUT2D eigenvalue weighted by molar-refractivity contribution is 7.15. The molecule has 0 aromatic carbocycles. The maximum absolute atomic E-state index is 12.0. The first-order chi connectivity index (χ1) is 9.43. The van der Waals surface area contributed by atoms with E-state index in [1.54, 1.807) is 6.07 Å². The number of hydrogen-bond donors (Lipinski definition) is 2. The molecule has 0 aliphatic heterocycles. The maximum Gasteiger partial charge on any atom is 0.328 e. The highest BCUT2D eigenvalue weighted by Gasteiger charge is 2.12. The highest BCUT2D eigenvalue weighted by atomic mass is 32.1. The Bertz CT molecular complexity index is 507. The molecule has 0 saturated carbocycles. The standard InChI is InChI=1S/C14H19NO4S/c1-4-19-10(3)8-15-14(18)12-7-9(2)11(20-12)5-6-13(16)17/h5-7,10H,4,8H2,1-3H3,(H,15,18)(H,16,17)/b6-5+. The topological polar surface area (TPSA) is 75.6 Å². The van der Waals surface area contributed by atoms with Gasteiger partial charge in [-0.25, -0.2) is 4.79 Å². The third kappa shape index (κ3) is 5.14. The molecule has 1 heterocycles. The summed E-state index contributed by atoms with van der Waals surface area (Å²) in [6.45, 7) is 6.70. The predicted molar refractivity (Wildman–Crippen MR) is 79.1 cm³/mol. The number of thiophene rings is 1. The van der Waals surface area contributed by atoms with E-state index in [0.29, 0.717) is 18.0 Å².